The van der Waals surface area contributed by atoms with Crippen molar-refractivity contribution in [3.05, 3.63) is 30.1 Å². The maximum absolute atomic E-state index is 12.0. The van der Waals surface area contributed by atoms with Crippen molar-refractivity contribution in [1.82, 2.24) is 20.5 Å². The highest BCUT2D eigenvalue weighted by Crippen LogP contribution is 2.13. The molecule has 2 amide bonds. The molecule has 4 N–H and O–H groups in total. The molecular formula is C25H43N5O2. The third-order valence-electron chi connectivity index (χ3n) is 6.24. The van der Waals surface area contributed by atoms with Crippen molar-refractivity contribution < 1.29 is 9.59 Å². The van der Waals surface area contributed by atoms with Gasteiger partial charge in [-0.15, -0.1) is 0 Å². The highest BCUT2D eigenvalue weighted by Gasteiger charge is 2.18. The van der Waals surface area contributed by atoms with Gasteiger partial charge in [0.25, 0.3) is 5.91 Å². The van der Waals surface area contributed by atoms with E-state index in [0.717, 1.165) is 38.8 Å². The Hall–Kier alpha value is -1.99. The number of pyridine rings is 1. The van der Waals surface area contributed by atoms with Crippen LogP contribution in [0.4, 0.5) is 0 Å². The second-order valence-electron chi connectivity index (χ2n) is 9.15. The molecule has 7 nitrogen and oxygen atoms in total. The van der Waals surface area contributed by atoms with E-state index in [0.29, 0.717) is 18.2 Å². The van der Waals surface area contributed by atoms with E-state index in [9.17, 15) is 9.59 Å². The third kappa shape index (κ3) is 11.6. The van der Waals surface area contributed by atoms with Crippen molar-refractivity contribution in [1.29, 1.82) is 0 Å². The number of nitrogens with two attached hydrogens (primary N) is 1. The molecule has 1 aliphatic rings. The number of aromatic nitrogens is 1. The van der Waals surface area contributed by atoms with E-state index in [4.69, 9.17) is 5.73 Å². The third-order valence-corrected chi connectivity index (χ3v) is 6.24. The van der Waals surface area contributed by atoms with Gasteiger partial charge in [-0.3, -0.25) is 14.6 Å². The predicted molar refractivity (Wildman–Crippen MR) is 129 cm³/mol. The zero-order valence-electron chi connectivity index (χ0n) is 19.9. The predicted octanol–water partition coefficient (Wildman–Crippen LogP) is 3.25. The van der Waals surface area contributed by atoms with Gasteiger partial charge in [-0.2, -0.15) is 0 Å². The molecule has 0 saturated carbocycles. The molecule has 0 spiro atoms. The van der Waals surface area contributed by atoms with Gasteiger partial charge >= 0.3 is 0 Å². The maximum Gasteiger partial charge on any atom is 0.252 e. The first-order valence-electron chi connectivity index (χ1n) is 12.5. The van der Waals surface area contributed by atoms with E-state index in [1.165, 1.54) is 51.5 Å². The van der Waals surface area contributed by atoms with Gasteiger partial charge in [0.1, 0.15) is 0 Å². The topological polar surface area (TPSA) is 100 Å². The lowest BCUT2D eigenvalue weighted by Crippen LogP contribution is -2.44. The molecule has 7 heteroatoms. The van der Waals surface area contributed by atoms with Crippen LogP contribution in [0.1, 0.15) is 87.9 Å². The van der Waals surface area contributed by atoms with Gasteiger partial charge in [0.2, 0.25) is 5.91 Å². The number of hydrogen-bond acceptors (Lipinski definition) is 5. The molecule has 1 fully saturated rings. The minimum absolute atomic E-state index is 0.0129. The summed E-state index contributed by atoms with van der Waals surface area (Å²) in [5.41, 5.74) is 6.71. The summed E-state index contributed by atoms with van der Waals surface area (Å²) in [6, 6.07) is 3.91. The van der Waals surface area contributed by atoms with Crippen LogP contribution >= 0.6 is 0 Å². The number of nitrogens with zero attached hydrogens (tertiary/aromatic N) is 2. The number of unbranched alkanes of at least 4 members (excludes halogenated alkanes) is 7. The summed E-state index contributed by atoms with van der Waals surface area (Å²) in [6.45, 7) is 5.54. The summed E-state index contributed by atoms with van der Waals surface area (Å²) >= 11 is 0. The lowest BCUT2D eigenvalue weighted by atomic mass is 10.0. The zero-order valence-corrected chi connectivity index (χ0v) is 19.9. The van der Waals surface area contributed by atoms with Crippen LogP contribution in [0.3, 0.4) is 0 Å². The van der Waals surface area contributed by atoms with Crippen molar-refractivity contribution in [3.8, 4) is 0 Å². The SMILES string of the molecule is CC(=O)NC1CCN(CCCCCCCCCCC(N)CNC(=O)c2cccnc2)CC1. The van der Waals surface area contributed by atoms with Gasteiger partial charge in [-0.05, 0) is 44.4 Å². The molecule has 1 unspecified atom stereocenters. The largest absolute Gasteiger partial charge is 0.354 e. The van der Waals surface area contributed by atoms with Crippen LogP contribution in [0.5, 0.6) is 0 Å². The van der Waals surface area contributed by atoms with Crippen molar-refractivity contribution in [2.75, 3.05) is 26.2 Å². The molecule has 0 aliphatic carbocycles. The minimum Gasteiger partial charge on any atom is -0.354 e. The van der Waals surface area contributed by atoms with E-state index in [2.05, 4.69) is 20.5 Å². The first-order valence-corrected chi connectivity index (χ1v) is 12.5. The van der Waals surface area contributed by atoms with Crippen LogP contribution in [-0.2, 0) is 4.79 Å². The minimum atomic E-state index is -0.108. The fourth-order valence-corrected chi connectivity index (χ4v) is 4.32. The highest BCUT2D eigenvalue weighted by molar-refractivity contribution is 5.93. The van der Waals surface area contributed by atoms with E-state index < -0.39 is 0 Å². The zero-order chi connectivity index (χ0) is 23.0. The Labute approximate surface area is 193 Å². The normalized spacial score (nSPS) is 15.9. The first kappa shape index (κ1) is 26.3. The molecule has 0 radical (unpaired) electrons. The van der Waals surface area contributed by atoms with Gasteiger partial charge in [-0.25, -0.2) is 0 Å². The van der Waals surface area contributed by atoms with E-state index >= 15 is 0 Å². The Balaban J connectivity index is 1.35. The summed E-state index contributed by atoms with van der Waals surface area (Å²) in [5.74, 6) is -0.0143. The monoisotopic (exact) mass is 445 g/mol. The summed E-state index contributed by atoms with van der Waals surface area (Å²) in [7, 11) is 0. The number of piperidine rings is 1. The molecule has 32 heavy (non-hydrogen) atoms. The second kappa shape index (κ2) is 15.8. The summed E-state index contributed by atoms with van der Waals surface area (Å²) in [6.07, 6.45) is 16.5. The Morgan fingerprint density at radius 3 is 2.38 bits per heavy atom. The van der Waals surface area contributed by atoms with Crippen molar-refractivity contribution >= 4 is 11.8 Å². The molecular weight excluding hydrogens is 402 g/mol. The number of hydrogen-bond donors (Lipinski definition) is 3. The number of carbonyl (C=O) groups is 2. The molecule has 0 bridgehead atoms. The number of amides is 2. The molecule has 180 valence electrons. The summed E-state index contributed by atoms with van der Waals surface area (Å²) in [5, 5.41) is 5.93. The average molecular weight is 446 g/mol. The van der Waals surface area contributed by atoms with Crippen LogP contribution in [0.2, 0.25) is 0 Å². The second-order valence-corrected chi connectivity index (χ2v) is 9.15. The summed E-state index contributed by atoms with van der Waals surface area (Å²) in [4.78, 5) is 29.6. The van der Waals surface area contributed by atoms with Gasteiger partial charge in [0.05, 0.1) is 5.56 Å². The number of likely N-dealkylation sites (tertiary alicyclic amines) is 1. The average Bonchev–Trinajstić information content (AvgIpc) is 2.80. The lowest BCUT2D eigenvalue weighted by Gasteiger charge is -2.32. The van der Waals surface area contributed by atoms with Crippen molar-refractivity contribution in [2.45, 2.75) is 89.6 Å². The fourth-order valence-electron chi connectivity index (χ4n) is 4.32. The molecule has 2 heterocycles. The molecule has 1 atom stereocenters. The van der Waals surface area contributed by atoms with Crippen LogP contribution in [0, 0.1) is 0 Å². The summed E-state index contributed by atoms with van der Waals surface area (Å²) < 4.78 is 0. The smallest absolute Gasteiger partial charge is 0.252 e. The standard InChI is InChI=1S/C25H43N5O2/c1-21(31)29-24-13-17-30(18-14-24)16-9-7-5-3-2-4-6-8-12-23(26)20-28-25(32)22-11-10-15-27-19-22/h10-11,15,19,23-24H,2-9,12-14,16-18,20,26H2,1H3,(H,28,32)(H,29,31). The van der Waals surface area contributed by atoms with Crippen LogP contribution in [-0.4, -0.2) is 60.0 Å². The molecule has 1 aromatic heterocycles. The number of rotatable bonds is 15. The Kier molecular flexibility index (Phi) is 12.9. The highest BCUT2D eigenvalue weighted by atomic mass is 16.2. The van der Waals surface area contributed by atoms with E-state index in [-0.39, 0.29) is 17.9 Å². The Morgan fingerprint density at radius 1 is 1.09 bits per heavy atom. The van der Waals surface area contributed by atoms with Crippen molar-refractivity contribution in [2.24, 2.45) is 5.73 Å². The van der Waals surface area contributed by atoms with E-state index in [1.54, 1.807) is 31.5 Å². The molecule has 1 aromatic rings. The van der Waals surface area contributed by atoms with Gasteiger partial charge in [0.15, 0.2) is 0 Å². The van der Waals surface area contributed by atoms with E-state index in [1.807, 2.05) is 0 Å². The maximum atomic E-state index is 12.0. The fraction of sp³-hybridized carbons (Fsp3) is 0.720. The van der Waals surface area contributed by atoms with Crippen molar-refractivity contribution in [3.63, 3.8) is 0 Å². The first-order chi connectivity index (χ1) is 15.5. The van der Waals surface area contributed by atoms with Crippen LogP contribution in [0.15, 0.2) is 24.5 Å². The number of carbonyl (C=O) groups excluding carboxylic acids is 2. The Bertz CT molecular complexity index is 647. The Morgan fingerprint density at radius 2 is 1.75 bits per heavy atom. The molecule has 2 rings (SSSR count). The molecule has 1 aliphatic heterocycles. The van der Waals surface area contributed by atoms with Gasteiger partial charge < -0.3 is 21.3 Å². The molecule has 1 saturated heterocycles. The van der Waals surface area contributed by atoms with Crippen LogP contribution in [0.25, 0.3) is 0 Å². The van der Waals surface area contributed by atoms with Crippen LogP contribution < -0.4 is 16.4 Å². The number of nitrogens with one attached hydrogen (secondary N) is 2. The van der Waals surface area contributed by atoms with Gasteiger partial charge in [-0.1, -0.05) is 44.9 Å². The quantitative estimate of drug-likeness (QED) is 0.360. The molecule has 0 aromatic carbocycles. The lowest BCUT2D eigenvalue weighted by molar-refractivity contribution is -0.119. The van der Waals surface area contributed by atoms with Gasteiger partial charge in [0, 0.05) is 51.0 Å².